The zero-order chi connectivity index (χ0) is 10.6. The predicted molar refractivity (Wildman–Crippen MR) is 56.0 cm³/mol. The van der Waals surface area contributed by atoms with Gasteiger partial charge >= 0.3 is 0 Å². The highest BCUT2D eigenvalue weighted by atomic mass is 32.2. The van der Waals surface area contributed by atoms with E-state index in [1.165, 1.54) is 0 Å². The number of nitrogens with two attached hydrogens (primary N) is 1. The van der Waals surface area contributed by atoms with E-state index in [4.69, 9.17) is 5.73 Å². The maximum atomic E-state index is 11.4. The summed E-state index contributed by atoms with van der Waals surface area (Å²) in [5.41, 5.74) is 5.83. The molecule has 1 aliphatic carbocycles. The second-order valence-electron chi connectivity index (χ2n) is 3.67. The number of hydrogen-bond donors (Lipinski definition) is 3. The van der Waals surface area contributed by atoms with Crippen LogP contribution in [0.3, 0.4) is 0 Å². The molecule has 1 aliphatic rings. The molecule has 0 saturated heterocycles. The Hall–Kier alpha value is -0.170. The van der Waals surface area contributed by atoms with E-state index in [0.29, 0.717) is 6.54 Å². The maximum Gasteiger partial charge on any atom is 0.277 e. The van der Waals surface area contributed by atoms with Crippen molar-refractivity contribution in [1.82, 2.24) is 9.44 Å². The Balaban J connectivity index is 2.49. The van der Waals surface area contributed by atoms with Gasteiger partial charge < -0.3 is 5.73 Å². The Bertz CT molecular complexity index is 266. The molecule has 0 bridgehead atoms. The molecule has 2 unspecified atom stereocenters. The van der Waals surface area contributed by atoms with Crippen LogP contribution in [0.4, 0.5) is 0 Å². The van der Waals surface area contributed by atoms with Crippen molar-refractivity contribution in [1.29, 1.82) is 0 Å². The summed E-state index contributed by atoms with van der Waals surface area (Å²) in [5.74, 6) is 0. The lowest BCUT2D eigenvalue weighted by Crippen LogP contribution is -2.52. The molecule has 0 spiro atoms. The van der Waals surface area contributed by atoms with Crippen LogP contribution in [0.1, 0.15) is 32.6 Å². The van der Waals surface area contributed by atoms with E-state index < -0.39 is 10.2 Å². The molecule has 5 nitrogen and oxygen atoms in total. The quantitative estimate of drug-likeness (QED) is 0.609. The molecule has 1 saturated carbocycles. The molecule has 4 N–H and O–H groups in total. The summed E-state index contributed by atoms with van der Waals surface area (Å²) in [6, 6.07) is -0.148. The van der Waals surface area contributed by atoms with Gasteiger partial charge in [0.15, 0.2) is 0 Å². The summed E-state index contributed by atoms with van der Waals surface area (Å²) in [7, 11) is -3.34. The van der Waals surface area contributed by atoms with Crippen LogP contribution in [0.2, 0.25) is 0 Å². The van der Waals surface area contributed by atoms with Crippen molar-refractivity contribution in [2.24, 2.45) is 5.73 Å². The predicted octanol–water partition coefficient (Wildman–Crippen LogP) is -0.300. The van der Waals surface area contributed by atoms with Gasteiger partial charge in [-0.25, -0.2) is 4.72 Å². The van der Waals surface area contributed by atoms with E-state index in [9.17, 15) is 8.42 Å². The van der Waals surface area contributed by atoms with Crippen LogP contribution >= 0.6 is 0 Å². The van der Waals surface area contributed by atoms with Gasteiger partial charge in [-0.2, -0.15) is 13.1 Å². The summed E-state index contributed by atoms with van der Waals surface area (Å²) in [6.45, 7) is 2.15. The van der Waals surface area contributed by atoms with Crippen LogP contribution in [-0.4, -0.2) is 27.0 Å². The largest absolute Gasteiger partial charge is 0.326 e. The van der Waals surface area contributed by atoms with Crippen molar-refractivity contribution < 1.29 is 8.42 Å². The molecular formula is C8H19N3O2S. The number of nitrogens with one attached hydrogen (secondary N) is 2. The molecule has 0 aromatic heterocycles. The third kappa shape index (κ3) is 3.53. The Labute approximate surface area is 85.6 Å². The number of hydrogen-bond acceptors (Lipinski definition) is 3. The minimum absolute atomic E-state index is 0.0443. The van der Waals surface area contributed by atoms with Crippen molar-refractivity contribution >= 4 is 10.2 Å². The molecule has 0 heterocycles. The van der Waals surface area contributed by atoms with E-state index in [2.05, 4.69) is 9.44 Å². The molecule has 1 rings (SSSR count). The van der Waals surface area contributed by atoms with Crippen LogP contribution in [0.25, 0.3) is 0 Å². The monoisotopic (exact) mass is 221 g/mol. The average molecular weight is 221 g/mol. The molecule has 0 radical (unpaired) electrons. The number of rotatable bonds is 4. The van der Waals surface area contributed by atoms with Crippen molar-refractivity contribution in [3.05, 3.63) is 0 Å². The van der Waals surface area contributed by atoms with Gasteiger partial charge in [-0.1, -0.05) is 19.8 Å². The Morgan fingerprint density at radius 2 is 2.00 bits per heavy atom. The molecule has 0 aliphatic heterocycles. The fraction of sp³-hybridized carbons (Fsp3) is 1.00. The van der Waals surface area contributed by atoms with Crippen LogP contribution < -0.4 is 15.2 Å². The zero-order valence-electron chi connectivity index (χ0n) is 8.49. The minimum atomic E-state index is -3.34. The topological polar surface area (TPSA) is 84.2 Å². The van der Waals surface area contributed by atoms with E-state index in [1.54, 1.807) is 6.92 Å². The van der Waals surface area contributed by atoms with Crippen molar-refractivity contribution in [3.8, 4) is 0 Å². The first-order valence-corrected chi connectivity index (χ1v) is 6.56. The maximum absolute atomic E-state index is 11.4. The molecule has 0 aromatic rings. The lowest BCUT2D eigenvalue weighted by Gasteiger charge is -2.28. The summed E-state index contributed by atoms with van der Waals surface area (Å²) in [6.07, 6.45) is 3.89. The molecular weight excluding hydrogens is 202 g/mol. The second-order valence-corrected chi connectivity index (χ2v) is 5.21. The fourth-order valence-corrected chi connectivity index (χ4v) is 2.89. The van der Waals surface area contributed by atoms with Crippen LogP contribution in [0.5, 0.6) is 0 Å². The Morgan fingerprint density at radius 3 is 2.57 bits per heavy atom. The smallest absolute Gasteiger partial charge is 0.277 e. The summed E-state index contributed by atoms with van der Waals surface area (Å²) < 4.78 is 27.7. The third-order valence-electron chi connectivity index (χ3n) is 2.46. The molecule has 1 fully saturated rings. The molecule has 14 heavy (non-hydrogen) atoms. The summed E-state index contributed by atoms with van der Waals surface area (Å²) in [5, 5.41) is 0. The third-order valence-corrected chi connectivity index (χ3v) is 3.74. The van der Waals surface area contributed by atoms with E-state index in [-0.39, 0.29) is 12.1 Å². The van der Waals surface area contributed by atoms with E-state index in [1.807, 2.05) is 0 Å². The van der Waals surface area contributed by atoms with Gasteiger partial charge in [0.25, 0.3) is 10.2 Å². The van der Waals surface area contributed by atoms with Gasteiger partial charge in [0.2, 0.25) is 0 Å². The zero-order valence-corrected chi connectivity index (χ0v) is 9.31. The lowest BCUT2D eigenvalue weighted by molar-refractivity contribution is 0.360. The van der Waals surface area contributed by atoms with Gasteiger partial charge in [-0.05, 0) is 12.8 Å². The van der Waals surface area contributed by atoms with Crippen LogP contribution in [-0.2, 0) is 10.2 Å². The van der Waals surface area contributed by atoms with Crippen molar-refractivity contribution in [2.75, 3.05) is 6.54 Å². The van der Waals surface area contributed by atoms with Gasteiger partial charge in [-0.15, -0.1) is 0 Å². The normalized spacial score (nSPS) is 29.0. The highest BCUT2D eigenvalue weighted by Gasteiger charge is 2.25. The summed E-state index contributed by atoms with van der Waals surface area (Å²) >= 11 is 0. The van der Waals surface area contributed by atoms with Gasteiger partial charge in [-0.3, -0.25) is 0 Å². The highest BCUT2D eigenvalue weighted by Crippen LogP contribution is 2.17. The van der Waals surface area contributed by atoms with E-state index in [0.717, 1.165) is 25.7 Å². The standard InChI is InChI=1S/C8H19N3O2S/c1-2-10-14(12,13)11-8-6-4-3-5-7(8)9/h7-8,10-11H,2-6,9H2,1H3. The van der Waals surface area contributed by atoms with Gasteiger partial charge in [0, 0.05) is 18.6 Å². The van der Waals surface area contributed by atoms with Gasteiger partial charge in [0.05, 0.1) is 0 Å². The fourth-order valence-electron chi connectivity index (χ4n) is 1.74. The van der Waals surface area contributed by atoms with Crippen LogP contribution in [0.15, 0.2) is 0 Å². The first-order chi connectivity index (χ1) is 6.55. The Kier molecular flexibility index (Phi) is 4.31. The van der Waals surface area contributed by atoms with Crippen molar-refractivity contribution in [3.63, 3.8) is 0 Å². The molecule has 2 atom stereocenters. The van der Waals surface area contributed by atoms with Crippen molar-refractivity contribution in [2.45, 2.75) is 44.7 Å². The van der Waals surface area contributed by atoms with E-state index >= 15 is 0 Å². The SMILES string of the molecule is CCNS(=O)(=O)NC1CCCCC1N. The van der Waals surface area contributed by atoms with Crippen LogP contribution in [0, 0.1) is 0 Å². The lowest BCUT2D eigenvalue weighted by atomic mass is 9.92. The van der Waals surface area contributed by atoms with Gasteiger partial charge in [0.1, 0.15) is 0 Å². The molecule has 0 amide bonds. The summed E-state index contributed by atoms with van der Waals surface area (Å²) in [4.78, 5) is 0. The highest BCUT2D eigenvalue weighted by molar-refractivity contribution is 7.87. The molecule has 0 aromatic carbocycles. The average Bonchev–Trinajstić information content (AvgIpc) is 2.08. The minimum Gasteiger partial charge on any atom is -0.326 e. The Morgan fingerprint density at radius 1 is 1.36 bits per heavy atom. The molecule has 6 heteroatoms. The first kappa shape index (κ1) is 11.9. The second kappa shape index (κ2) is 5.06. The first-order valence-electron chi connectivity index (χ1n) is 5.07. The molecule has 84 valence electrons.